The third-order valence-electron chi connectivity index (χ3n) is 5.46. The molecule has 0 aliphatic carbocycles. The number of methoxy groups -OCH3 is 2. The summed E-state index contributed by atoms with van der Waals surface area (Å²) in [6.07, 6.45) is 2.73. The average Bonchev–Trinajstić information content (AvgIpc) is 2.81. The van der Waals surface area contributed by atoms with Gasteiger partial charge in [0.15, 0.2) is 0 Å². The molecule has 1 heterocycles. The fraction of sp³-hybridized carbons (Fsp3) is 0.308. The van der Waals surface area contributed by atoms with Gasteiger partial charge in [0, 0.05) is 35.6 Å². The van der Waals surface area contributed by atoms with Crippen LogP contribution in [-0.2, 0) is 15.4 Å². The number of benzene rings is 2. The molecule has 8 nitrogen and oxygen atoms in total. The topological polar surface area (TPSA) is 97.8 Å². The SMILES string of the molecule is COc1ncccc1-c1cc(N(C)C(=O)c2ccc(NS(C)(=O)=O)cc2)c(OC)c(C(C)(C)C)c1. The van der Waals surface area contributed by atoms with Crippen molar-refractivity contribution in [2.75, 3.05) is 37.1 Å². The van der Waals surface area contributed by atoms with E-state index in [0.29, 0.717) is 28.6 Å². The number of hydrogen-bond acceptors (Lipinski definition) is 6. The second kappa shape index (κ2) is 9.95. The molecule has 0 aliphatic heterocycles. The number of ether oxygens (including phenoxy) is 2. The zero-order chi connectivity index (χ0) is 26.0. The molecule has 3 aromatic rings. The predicted molar refractivity (Wildman–Crippen MR) is 139 cm³/mol. The van der Waals surface area contributed by atoms with E-state index >= 15 is 0 Å². The van der Waals surface area contributed by atoms with Crippen LogP contribution in [0.2, 0.25) is 0 Å². The molecule has 9 heteroatoms. The van der Waals surface area contributed by atoms with Crippen molar-refractivity contribution in [1.29, 1.82) is 0 Å². The van der Waals surface area contributed by atoms with Crippen molar-refractivity contribution in [1.82, 2.24) is 4.98 Å². The summed E-state index contributed by atoms with van der Waals surface area (Å²) in [5, 5.41) is 0. The normalized spacial score (nSPS) is 11.6. The van der Waals surface area contributed by atoms with Gasteiger partial charge in [-0.15, -0.1) is 0 Å². The van der Waals surface area contributed by atoms with E-state index in [1.807, 2.05) is 24.3 Å². The summed E-state index contributed by atoms with van der Waals surface area (Å²) in [6, 6.07) is 13.9. The van der Waals surface area contributed by atoms with Gasteiger partial charge in [-0.3, -0.25) is 9.52 Å². The van der Waals surface area contributed by atoms with E-state index in [0.717, 1.165) is 22.9 Å². The molecule has 1 amide bonds. The summed E-state index contributed by atoms with van der Waals surface area (Å²) < 4.78 is 36.6. The van der Waals surface area contributed by atoms with Gasteiger partial charge in [-0.2, -0.15) is 0 Å². The molecule has 0 saturated heterocycles. The first-order valence-corrected chi connectivity index (χ1v) is 12.8. The van der Waals surface area contributed by atoms with Gasteiger partial charge in [0.2, 0.25) is 15.9 Å². The van der Waals surface area contributed by atoms with Gasteiger partial charge < -0.3 is 14.4 Å². The minimum atomic E-state index is -3.41. The van der Waals surface area contributed by atoms with E-state index in [2.05, 4.69) is 30.5 Å². The second-order valence-electron chi connectivity index (χ2n) is 9.20. The maximum absolute atomic E-state index is 13.4. The van der Waals surface area contributed by atoms with E-state index in [1.165, 1.54) is 4.90 Å². The van der Waals surface area contributed by atoms with Crippen molar-refractivity contribution in [3.8, 4) is 22.8 Å². The largest absolute Gasteiger partial charge is 0.494 e. The summed E-state index contributed by atoms with van der Waals surface area (Å²) in [5.74, 6) is 0.797. The molecule has 0 aliphatic rings. The summed E-state index contributed by atoms with van der Waals surface area (Å²) in [6.45, 7) is 6.23. The Labute approximate surface area is 207 Å². The third kappa shape index (κ3) is 5.92. The van der Waals surface area contributed by atoms with Crippen molar-refractivity contribution < 1.29 is 22.7 Å². The van der Waals surface area contributed by atoms with Crippen LogP contribution in [0.5, 0.6) is 11.6 Å². The Hall–Kier alpha value is -3.59. The molecule has 0 radical (unpaired) electrons. The molecule has 0 saturated carbocycles. The fourth-order valence-corrected chi connectivity index (χ4v) is 4.33. The number of hydrogen-bond donors (Lipinski definition) is 1. The molecular formula is C26H31N3O5S. The Morgan fingerprint density at radius 1 is 1.03 bits per heavy atom. The van der Waals surface area contributed by atoms with E-state index in [9.17, 15) is 13.2 Å². The number of carbonyl (C=O) groups is 1. The Kier molecular flexibility index (Phi) is 7.40. The van der Waals surface area contributed by atoms with Crippen molar-refractivity contribution in [3.05, 3.63) is 65.9 Å². The number of nitrogens with zero attached hydrogens (tertiary/aromatic N) is 2. The Bertz CT molecular complexity index is 1330. The molecule has 0 unspecified atom stereocenters. The number of amides is 1. The number of sulfonamides is 1. The molecule has 1 aromatic heterocycles. The second-order valence-corrected chi connectivity index (χ2v) is 11.0. The quantitative estimate of drug-likeness (QED) is 0.508. The molecule has 0 atom stereocenters. The van der Waals surface area contributed by atoms with E-state index < -0.39 is 10.0 Å². The van der Waals surface area contributed by atoms with E-state index in [-0.39, 0.29) is 11.3 Å². The van der Waals surface area contributed by atoms with Crippen molar-refractivity contribution in [2.45, 2.75) is 26.2 Å². The number of anilines is 2. The molecule has 3 rings (SSSR count). The minimum absolute atomic E-state index is 0.274. The highest BCUT2D eigenvalue weighted by molar-refractivity contribution is 7.92. The van der Waals surface area contributed by atoms with Crippen LogP contribution in [0.1, 0.15) is 36.7 Å². The van der Waals surface area contributed by atoms with Crippen LogP contribution in [0, 0.1) is 0 Å². The Balaban J connectivity index is 2.12. The lowest BCUT2D eigenvalue weighted by atomic mass is 9.84. The smallest absolute Gasteiger partial charge is 0.258 e. The first-order chi connectivity index (χ1) is 16.4. The Morgan fingerprint density at radius 2 is 1.69 bits per heavy atom. The third-order valence-corrected chi connectivity index (χ3v) is 6.06. The van der Waals surface area contributed by atoms with Gasteiger partial charge in [0.05, 0.1) is 26.2 Å². The molecule has 186 valence electrons. The molecule has 1 N–H and O–H groups in total. The minimum Gasteiger partial charge on any atom is -0.494 e. The molecule has 0 bridgehead atoms. The molecule has 0 spiro atoms. The van der Waals surface area contributed by atoms with Crippen LogP contribution in [-0.4, -0.2) is 46.8 Å². The average molecular weight is 498 g/mol. The lowest BCUT2D eigenvalue weighted by Crippen LogP contribution is -2.27. The number of carbonyl (C=O) groups excluding carboxylic acids is 1. The van der Waals surface area contributed by atoms with Gasteiger partial charge in [-0.05, 0) is 59.5 Å². The summed E-state index contributed by atoms with van der Waals surface area (Å²) in [4.78, 5) is 19.3. The highest BCUT2D eigenvalue weighted by atomic mass is 32.2. The maximum Gasteiger partial charge on any atom is 0.258 e. The lowest BCUT2D eigenvalue weighted by Gasteiger charge is -2.28. The number of aromatic nitrogens is 1. The molecule has 2 aromatic carbocycles. The van der Waals surface area contributed by atoms with Crippen LogP contribution >= 0.6 is 0 Å². The maximum atomic E-state index is 13.4. The Morgan fingerprint density at radius 3 is 2.23 bits per heavy atom. The molecule has 0 fully saturated rings. The highest BCUT2D eigenvalue weighted by Gasteiger charge is 2.27. The first-order valence-electron chi connectivity index (χ1n) is 10.9. The zero-order valence-corrected chi connectivity index (χ0v) is 21.9. The summed E-state index contributed by atoms with van der Waals surface area (Å²) >= 11 is 0. The van der Waals surface area contributed by atoms with Crippen LogP contribution in [0.15, 0.2) is 54.7 Å². The monoisotopic (exact) mass is 497 g/mol. The predicted octanol–water partition coefficient (Wildman–Crippen LogP) is 4.71. The van der Waals surface area contributed by atoms with Crippen molar-refractivity contribution in [2.24, 2.45) is 0 Å². The number of nitrogens with one attached hydrogen (secondary N) is 1. The van der Waals surface area contributed by atoms with Gasteiger partial charge in [-0.1, -0.05) is 20.8 Å². The van der Waals surface area contributed by atoms with Crippen LogP contribution < -0.4 is 19.1 Å². The molecule has 35 heavy (non-hydrogen) atoms. The highest BCUT2D eigenvalue weighted by Crippen LogP contribution is 2.43. The first kappa shape index (κ1) is 26.0. The molecular weight excluding hydrogens is 466 g/mol. The van der Waals surface area contributed by atoms with Crippen LogP contribution in [0.4, 0.5) is 11.4 Å². The standard InChI is InChI=1S/C26H31N3O5S/c1-26(2,3)21-15-18(20-9-8-14-27-24(20)34-6)16-22(23(21)33-5)29(4)25(30)17-10-12-19(13-11-17)28-35(7,31)32/h8-16,28H,1-7H3. The van der Waals surface area contributed by atoms with Gasteiger partial charge in [0.1, 0.15) is 5.75 Å². The van der Waals surface area contributed by atoms with Crippen LogP contribution in [0.3, 0.4) is 0 Å². The van der Waals surface area contributed by atoms with Crippen molar-refractivity contribution >= 4 is 27.3 Å². The van der Waals surface area contributed by atoms with Crippen molar-refractivity contribution in [3.63, 3.8) is 0 Å². The number of rotatable bonds is 7. The van der Waals surface area contributed by atoms with E-state index in [4.69, 9.17) is 9.47 Å². The van der Waals surface area contributed by atoms with Gasteiger partial charge in [-0.25, -0.2) is 13.4 Å². The van der Waals surface area contributed by atoms with E-state index in [1.54, 1.807) is 51.7 Å². The summed E-state index contributed by atoms with van der Waals surface area (Å²) in [5.41, 5.74) is 3.63. The lowest BCUT2D eigenvalue weighted by molar-refractivity contribution is 0.0992. The summed E-state index contributed by atoms with van der Waals surface area (Å²) in [7, 11) is 1.42. The zero-order valence-electron chi connectivity index (χ0n) is 21.0. The van der Waals surface area contributed by atoms with Crippen LogP contribution in [0.25, 0.3) is 11.1 Å². The number of pyridine rings is 1. The van der Waals surface area contributed by atoms with Gasteiger partial charge in [0.25, 0.3) is 5.91 Å². The fourth-order valence-electron chi connectivity index (χ4n) is 3.76. The van der Waals surface area contributed by atoms with Gasteiger partial charge >= 0.3 is 0 Å².